The van der Waals surface area contributed by atoms with Gasteiger partial charge in [0.25, 0.3) is 0 Å². The number of halogens is 1. The molecular weight excluding hydrogens is 408 g/mol. The monoisotopic (exact) mass is 426 g/mol. The van der Waals surface area contributed by atoms with Gasteiger partial charge in [-0.25, -0.2) is 4.98 Å². The Hall–Kier alpha value is -1.92. The predicted octanol–water partition coefficient (Wildman–Crippen LogP) is 6.17. The van der Waals surface area contributed by atoms with Crippen molar-refractivity contribution in [3.8, 4) is 5.75 Å². The van der Waals surface area contributed by atoms with Gasteiger partial charge in [-0.2, -0.15) is 0 Å². The lowest BCUT2D eigenvalue weighted by Gasteiger charge is -2.35. The molecule has 0 N–H and O–H groups in total. The quantitative estimate of drug-likeness (QED) is 0.365. The third-order valence-electron chi connectivity index (χ3n) is 5.30. The van der Waals surface area contributed by atoms with E-state index in [0.717, 1.165) is 41.7 Å². The highest BCUT2D eigenvalue weighted by Crippen LogP contribution is 2.40. The molecule has 0 spiro atoms. The lowest BCUT2D eigenvalue weighted by molar-refractivity contribution is 0.209. The van der Waals surface area contributed by atoms with Crippen LogP contribution in [0.4, 0.5) is 0 Å². The Balaban J connectivity index is 1.52. The van der Waals surface area contributed by atoms with Crippen LogP contribution in [0.3, 0.4) is 0 Å². The molecule has 3 nitrogen and oxygen atoms in total. The average Bonchev–Trinajstić information content (AvgIpc) is 3.40. The molecule has 0 amide bonds. The zero-order valence-corrected chi connectivity index (χ0v) is 17.8. The predicted molar refractivity (Wildman–Crippen MR) is 118 cm³/mol. The van der Waals surface area contributed by atoms with Gasteiger partial charge in [-0.3, -0.25) is 4.90 Å². The minimum atomic E-state index is 0.289. The Labute approximate surface area is 177 Å². The molecule has 28 heavy (non-hydrogen) atoms. The Morgan fingerprint density at radius 3 is 2.93 bits per heavy atom. The fourth-order valence-corrected chi connectivity index (χ4v) is 5.93. The molecule has 1 aliphatic heterocycles. The second-order valence-corrected chi connectivity index (χ2v) is 9.27. The van der Waals surface area contributed by atoms with E-state index in [9.17, 15) is 0 Å². The third-order valence-corrected chi connectivity index (χ3v) is 7.55. The third kappa shape index (κ3) is 3.22. The number of fused-ring (bicyclic) bond motifs is 2. The molecular formula is C22H19ClN2OS2. The van der Waals surface area contributed by atoms with Crippen LogP contribution in [0.15, 0.2) is 53.2 Å². The zero-order chi connectivity index (χ0) is 19.1. The van der Waals surface area contributed by atoms with Crippen LogP contribution >= 0.6 is 34.3 Å². The van der Waals surface area contributed by atoms with E-state index in [1.807, 2.05) is 40.9 Å². The van der Waals surface area contributed by atoms with E-state index in [1.54, 1.807) is 7.11 Å². The Morgan fingerprint density at radius 2 is 2.11 bits per heavy atom. The first-order valence-electron chi connectivity index (χ1n) is 9.20. The minimum absolute atomic E-state index is 0.289. The van der Waals surface area contributed by atoms with Crippen LogP contribution in [0, 0.1) is 0 Å². The number of hydrogen-bond donors (Lipinski definition) is 0. The summed E-state index contributed by atoms with van der Waals surface area (Å²) in [6.07, 6.45) is 1.09. The van der Waals surface area contributed by atoms with E-state index in [1.165, 1.54) is 15.3 Å². The van der Waals surface area contributed by atoms with Crippen molar-refractivity contribution in [3.63, 3.8) is 0 Å². The number of ether oxygens (including phenoxy) is 1. The van der Waals surface area contributed by atoms with Crippen LogP contribution in [0.5, 0.6) is 5.75 Å². The molecule has 0 saturated carbocycles. The molecule has 5 rings (SSSR count). The summed E-state index contributed by atoms with van der Waals surface area (Å²) >= 11 is 10.3. The second-order valence-electron chi connectivity index (χ2n) is 6.93. The van der Waals surface area contributed by atoms with Crippen molar-refractivity contribution in [2.75, 3.05) is 13.7 Å². The van der Waals surface area contributed by atoms with Crippen LogP contribution in [-0.4, -0.2) is 23.5 Å². The molecule has 0 radical (unpaired) electrons. The SMILES string of the molecule is COc1ccc2cc(CN3CCc4sccc4C3c3cccs3)c(Cl)nc2c1. The van der Waals surface area contributed by atoms with E-state index in [4.69, 9.17) is 16.3 Å². The molecule has 1 atom stereocenters. The molecule has 1 aliphatic rings. The van der Waals surface area contributed by atoms with Gasteiger partial charge in [0.05, 0.1) is 18.7 Å². The van der Waals surface area contributed by atoms with Gasteiger partial charge in [0.1, 0.15) is 10.9 Å². The second kappa shape index (κ2) is 7.48. The van der Waals surface area contributed by atoms with Gasteiger partial charge in [-0.1, -0.05) is 17.7 Å². The van der Waals surface area contributed by atoms with Crippen LogP contribution in [0.2, 0.25) is 5.15 Å². The topological polar surface area (TPSA) is 25.4 Å². The molecule has 0 bridgehead atoms. The lowest BCUT2D eigenvalue weighted by atomic mass is 9.98. The van der Waals surface area contributed by atoms with Gasteiger partial charge in [0.2, 0.25) is 0 Å². The first-order valence-corrected chi connectivity index (χ1v) is 11.3. The number of rotatable bonds is 4. The van der Waals surface area contributed by atoms with Crippen molar-refractivity contribution in [2.24, 2.45) is 0 Å². The summed E-state index contributed by atoms with van der Waals surface area (Å²) in [5.74, 6) is 0.794. The number of pyridine rings is 1. The highest BCUT2D eigenvalue weighted by molar-refractivity contribution is 7.10. The Bertz CT molecular complexity index is 1120. The number of hydrogen-bond acceptors (Lipinski definition) is 5. The summed E-state index contributed by atoms with van der Waals surface area (Å²) < 4.78 is 5.31. The van der Waals surface area contributed by atoms with E-state index >= 15 is 0 Å². The number of nitrogens with zero attached hydrogens (tertiary/aromatic N) is 2. The summed E-state index contributed by atoms with van der Waals surface area (Å²) in [7, 11) is 1.66. The lowest BCUT2D eigenvalue weighted by Crippen LogP contribution is -2.34. The van der Waals surface area contributed by atoms with E-state index in [2.05, 4.69) is 44.9 Å². The summed E-state index contributed by atoms with van der Waals surface area (Å²) in [5.41, 5.74) is 3.37. The summed E-state index contributed by atoms with van der Waals surface area (Å²) in [4.78, 5) is 10.0. The fourth-order valence-electron chi connectivity index (χ4n) is 3.94. The van der Waals surface area contributed by atoms with Crippen LogP contribution in [0.1, 0.15) is 26.9 Å². The van der Waals surface area contributed by atoms with Gasteiger partial charge in [-0.15, -0.1) is 22.7 Å². The smallest absolute Gasteiger partial charge is 0.134 e. The van der Waals surface area contributed by atoms with E-state index < -0.39 is 0 Å². The van der Waals surface area contributed by atoms with Crippen LogP contribution in [-0.2, 0) is 13.0 Å². The number of thiophene rings is 2. The molecule has 0 saturated heterocycles. The highest BCUT2D eigenvalue weighted by atomic mass is 35.5. The molecule has 4 heterocycles. The summed E-state index contributed by atoms with van der Waals surface area (Å²) in [5, 5.41) is 6.03. The normalized spacial score (nSPS) is 17.0. The molecule has 142 valence electrons. The van der Waals surface area contributed by atoms with Crippen molar-refractivity contribution in [1.82, 2.24) is 9.88 Å². The van der Waals surface area contributed by atoms with Gasteiger partial charge in [0, 0.05) is 39.9 Å². The van der Waals surface area contributed by atoms with Gasteiger partial charge in [0.15, 0.2) is 0 Å². The fraction of sp³-hybridized carbons (Fsp3) is 0.227. The Morgan fingerprint density at radius 1 is 1.18 bits per heavy atom. The molecule has 1 unspecified atom stereocenters. The minimum Gasteiger partial charge on any atom is -0.497 e. The number of benzene rings is 1. The summed E-state index contributed by atoms with van der Waals surface area (Å²) in [6.45, 7) is 1.80. The standard InChI is InChI=1S/C22H19ClN2OS2/c1-26-16-5-4-14-11-15(22(23)24-18(14)12-16)13-25-8-6-19-17(7-10-28-19)21(25)20-3-2-9-27-20/h2-5,7,9-12,21H,6,8,13H2,1H3. The highest BCUT2D eigenvalue weighted by Gasteiger charge is 2.30. The van der Waals surface area contributed by atoms with Crippen molar-refractivity contribution in [3.05, 3.63) is 79.3 Å². The van der Waals surface area contributed by atoms with Gasteiger partial charge >= 0.3 is 0 Å². The Kier molecular flexibility index (Phi) is 4.85. The largest absolute Gasteiger partial charge is 0.497 e. The van der Waals surface area contributed by atoms with Crippen molar-refractivity contribution < 1.29 is 4.74 Å². The zero-order valence-electron chi connectivity index (χ0n) is 15.4. The molecule has 6 heteroatoms. The van der Waals surface area contributed by atoms with E-state index in [-0.39, 0.29) is 6.04 Å². The van der Waals surface area contributed by atoms with Crippen molar-refractivity contribution in [1.29, 1.82) is 0 Å². The maximum Gasteiger partial charge on any atom is 0.134 e. The maximum atomic E-state index is 6.60. The number of methoxy groups -OCH3 is 1. The molecule has 1 aromatic carbocycles. The van der Waals surface area contributed by atoms with Crippen LogP contribution in [0.25, 0.3) is 10.9 Å². The summed E-state index contributed by atoms with van der Waals surface area (Å²) in [6, 6.07) is 15.1. The van der Waals surface area contributed by atoms with Crippen molar-refractivity contribution in [2.45, 2.75) is 19.0 Å². The maximum absolute atomic E-state index is 6.60. The molecule has 4 aromatic rings. The van der Waals surface area contributed by atoms with Gasteiger partial charge in [-0.05, 0) is 53.1 Å². The molecule has 0 fully saturated rings. The number of aromatic nitrogens is 1. The first-order chi connectivity index (χ1) is 13.7. The van der Waals surface area contributed by atoms with Crippen molar-refractivity contribution >= 4 is 45.2 Å². The van der Waals surface area contributed by atoms with Crippen LogP contribution < -0.4 is 4.74 Å². The van der Waals surface area contributed by atoms with Gasteiger partial charge < -0.3 is 4.74 Å². The molecule has 3 aromatic heterocycles. The average molecular weight is 427 g/mol. The molecule has 0 aliphatic carbocycles. The first kappa shape index (κ1) is 18.1. The van der Waals surface area contributed by atoms with E-state index in [0.29, 0.717) is 5.15 Å².